The summed E-state index contributed by atoms with van der Waals surface area (Å²) >= 11 is 0. The molecule has 3 aliphatic rings. The number of rotatable bonds is 6. The Bertz CT molecular complexity index is 855. The molecule has 0 aromatic carbocycles. The minimum atomic E-state index is -5.08. The molecule has 1 saturated carbocycles. The van der Waals surface area contributed by atoms with Crippen LogP contribution in [0.15, 0.2) is 22.8 Å². The molecule has 3 heterocycles. The number of hydrogen-bond donors (Lipinski definition) is 2. The quantitative estimate of drug-likeness (QED) is 0.463. The highest BCUT2D eigenvalue weighted by molar-refractivity contribution is 5.73. The lowest BCUT2D eigenvalue weighted by molar-refractivity contribution is -0.193. The first-order valence-electron chi connectivity index (χ1n) is 12.7. The molecule has 2 N–H and O–H groups in total. The van der Waals surface area contributed by atoms with Gasteiger partial charge in [-0.25, -0.2) is 9.59 Å². The van der Waals surface area contributed by atoms with Crippen LogP contribution in [0.5, 0.6) is 0 Å². The second-order valence-corrected chi connectivity index (χ2v) is 10.3. The third-order valence-electron chi connectivity index (χ3n) is 7.54. The van der Waals surface area contributed by atoms with E-state index in [1.165, 1.54) is 64.7 Å². The van der Waals surface area contributed by atoms with Crippen LogP contribution in [0.25, 0.3) is 0 Å². The molecule has 1 unspecified atom stereocenters. The van der Waals surface area contributed by atoms with Crippen LogP contribution in [0.1, 0.15) is 44.3 Å². The van der Waals surface area contributed by atoms with Crippen molar-refractivity contribution < 1.29 is 55.3 Å². The van der Waals surface area contributed by atoms with E-state index in [2.05, 4.69) is 15.9 Å². The van der Waals surface area contributed by atoms with Gasteiger partial charge in [-0.2, -0.15) is 26.3 Å². The normalized spacial score (nSPS) is 22.2. The Morgan fingerprint density at radius 3 is 2.00 bits per heavy atom. The first kappa shape index (κ1) is 32.9. The zero-order chi connectivity index (χ0) is 29.3. The molecule has 8 nitrogen and oxygen atoms in total. The van der Waals surface area contributed by atoms with Crippen molar-refractivity contribution in [2.75, 3.05) is 46.4 Å². The molecule has 14 heteroatoms. The van der Waals surface area contributed by atoms with E-state index in [9.17, 15) is 26.3 Å². The molecule has 224 valence electrons. The number of carbonyl (C=O) groups is 2. The van der Waals surface area contributed by atoms with E-state index < -0.39 is 24.3 Å². The number of carboxylic acids is 2. The highest BCUT2D eigenvalue weighted by atomic mass is 19.4. The van der Waals surface area contributed by atoms with Crippen molar-refractivity contribution in [3.05, 3.63) is 24.2 Å². The average molecular weight is 575 g/mol. The fraction of sp³-hybridized carbons (Fsp3) is 0.760. The summed E-state index contributed by atoms with van der Waals surface area (Å²) in [6, 6.07) is 4.09. The van der Waals surface area contributed by atoms with Gasteiger partial charge in [0.15, 0.2) is 0 Å². The van der Waals surface area contributed by atoms with Gasteiger partial charge in [-0.1, -0.05) is 12.8 Å². The largest absolute Gasteiger partial charge is 0.490 e. The number of methoxy groups -OCH3 is 1. The van der Waals surface area contributed by atoms with Gasteiger partial charge in [0, 0.05) is 32.7 Å². The van der Waals surface area contributed by atoms with E-state index in [0.29, 0.717) is 11.3 Å². The SMILES string of the molecule is COCC1CN(Cc2ccco2)CC12CCN(CC1CCCC1)CC2.O=C(O)C(F)(F)F.O=C(O)C(F)(F)F. The van der Waals surface area contributed by atoms with Gasteiger partial charge in [0.25, 0.3) is 0 Å². The van der Waals surface area contributed by atoms with Crippen LogP contribution in [0.4, 0.5) is 26.3 Å². The number of halogens is 6. The minimum absolute atomic E-state index is 0.453. The lowest BCUT2D eigenvalue weighted by Gasteiger charge is -2.43. The van der Waals surface area contributed by atoms with Crippen molar-refractivity contribution >= 4 is 11.9 Å². The summed E-state index contributed by atoms with van der Waals surface area (Å²) in [7, 11) is 1.86. The highest BCUT2D eigenvalue weighted by Gasteiger charge is 2.48. The fourth-order valence-electron chi connectivity index (χ4n) is 5.62. The number of hydrogen-bond acceptors (Lipinski definition) is 6. The van der Waals surface area contributed by atoms with Gasteiger partial charge in [-0.3, -0.25) is 4.90 Å². The summed E-state index contributed by atoms with van der Waals surface area (Å²) in [5.74, 6) is -2.78. The molecule has 1 aromatic heterocycles. The monoisotopic (exact) mass is 574 g/mol. The average Bonchev–Trinajstić information content (AvgIpc) is 3.59. The maximum absolute atomic E-state index is 10.6. The second-order valence-electron chi connectivity index (χ2n) is 10.3. The topological polar surface area (TPSA) is 103 Å². The van der Waals surface area contributed by atoms with E-state index >= 15 is 0 Å². The minimum Gasteiger partial charge on any atom is -0.475 e. The molecular weight excluding hydrogens is 538 g/mol. The number of aliphatic carboxylic acids is 2. The molecule has 2 aliphatic heterocycles. The molecule has 3 fully saturated rings. The summed E-state index contributed by atoms with van der Waals surface area (Å²) in [6.45, 7) is 8.12. The van der Waals surface area contributed by atoms with Gasteiger partial charge < -0.3 is 24.3 Å². The molecule has 1 atom stereocenters. The van der Waals surface area contributed by atoms with E-state index in [4.69, 9.17) is 29.0 Å². The molecular formula is C25H36F6N2O6. The van der Waals surface area contributed by atoms with Crippen molar-refractivity contribution in [3.8, 4) is 0 Å². The summed E-state index contributed by atoms with van der Waals surface area (Å²) in [5, 5.41) is 14.2. The summed E-state index contributed by atoms with van der Waals surface area (Å²) in [5.41, 5.74) is 0.453. The molecule has 4 rings (SSSR count). The van der Waals surface area contributed by atoms with Crippen molar-refractivity contribution in [3.63, 3.8) is 0 Å². The Kier molecular flexibility index (Phi) is 12.1. The zero-order valence-corrected chi connectivity index (χ0v) is 21.8. The van der Waals surface area contributed by atoms with Gasteiger partial charge in [0.05, 0.1) is 19.4 Å². The molecule has 2 saturated heterocycles. The number of nitrogens with zero attached hydrogens (tertiary/aromatic N) is 2. The smallest absolute Gasteiger partial charge is 0.475 e. The van der Waals surface area contributed by atoms with Crippen LogP contribution >= 0.6 is 0 Å². The number of likely N-dealkylation sites (tertiary alicyclic amines) is 2. The number of carboxylic acid groups (broad SMARTS) is 2. The van der Waals surface area contributed by atoms with E-state index in [0.717, 1.165) is 31.4 Å². The maximum atomic E-state index is 10.6. The molecule has 1 aromatic rings. The fourth-order valence-corrected chi connectivity index (χ4v) is 5.62. The second kappa shape index (κ2) is 14.4. The Hall–Kier alpha value is -2.32. The molecule has 1 aliphatic carbocycles. The number of furan rings is 1. The molecule has 0 radical (unpaired) electrons. The van der Waals surface area contributed by atoms with Crippen LogP contribution in [0.2, 0.25) is 0 Å². The Balaban J connectivity index is 0.000000317. The lowest BCUT2D eigenvalue weighted by Crippen LogP contribution is -2.46. The maximum Gasteiger partial charge on any atom is 0.490 e. The van der Waals surface area contributed by atoms with Crippen LogP contribution in [0.3, 0.4) is 0 Å². The van der Waals surface area contributed by atoms with Gasteiger partial charge in [0.1, 0.15) is 5.76 Å². The van der Waals surface area contributed by atoms with Crippen molar-refractivity contribution in [1.29, 1.82) is 0 Å². The van der Waals surface area contributed by atoms with Gasteiger partial charge in [-0.05, 0) is 62.2 Å². The molecule has 0 bridgehead atoms. The van der Waals surface area contributed by atoms with Crippen molar-refractivity contribution in [2.24, 2.45) is 17.3 Å². The van der Waals surface area contributed by atoms with Crippen LogP contribution in [-0.2, 0) is 20.9 Å². The van der Waals surface area contributed by atoms with Gasteiger partial charge in [0.2, 0.25) is 0 Å². The van der Waals surface area contributed by atoms with Crippen LogP contribution in [0, 0.1) is 17.3 Å². The first-order valence-corrected chi connectivity index (χ1v) is 12.7. The Labute approximate surface area is 222 Å². The number of piperidine rings is 1. The summed E-state index contributed by atoms with van der Waals surface area (Å²) in [6.07, 6.45) is 0.135. The predicted molar refractivity (Wildman–Crippen MR) is 127 cm³/mol. The molecule has 0 amide bonds. The number of ether oxygens (including phenoxy) is 1. The first-order chi connectivity index (χ1) is 18.2. The third kappa shape index (κ3) is 10.6. The van der Waals surface area contributed by atoms with Crippen LogP contribution < -0.4 is 0 Å². The highest BCUT2D eigenvalue weighted by Crippen LogP contribution is 2.45. The third-order valence-corrected chi connectivity index (χ3v) is 7.54. The predicted octanol–water partition coefficient (Wildman–Crippen LogP) is 4.90. The zero-order valence-electron chi connectivity index (χ0n) is 21.8. The van der Waals surface area contributed by atoms with Gasteiger partial charge in [-0.15, -0.1) is 0 Å². The summed E-state index contributed by atoms with van der Waals surface area (Å²) < 4.78 is 74.7. The Morgan fingerprint density at radius 1 is 1.03 bits per heavy atom. The van der Waals surface area contributed by atoms with Gasteiger partial charge >= 0.3 is 24.3 Å². The summed E-state index contributed by atoms with van der Waals surface area (Å²) in [4.78, 5) is 23.1. The van der Waals surface area contributed by atoms with E-state index in [1.807, 2.05) is 13.2 Å². The molecule has 1 spiro atoms. The number of alkyl halides is 6. The van der Waals surface area contributed by atoms with Crippen molar-refractivity contribution in [1.82, 2.24) is 9.80 Å². The van der Waals surface area contributed by atoms with Crippen molar-refractivity contribution in [2.45, 2.75) is 57.4 Å². The molecule has 39 heavy (non-hydrogen) atoms. The standard InChI is InChI=1S/C21H34N2O2.2C2HF3O2/c1-24-16-19-14-23(15-20-7-4-12-25-20)17-21(19)8-10-22(11-9-21)13-18-5-2-3-6-18;2*3-2(4,5)1(6)7/h4,7,12,18-19H,2-3,5-6,8-11,13-17H2,1H3;2*(H,6,7). The lowest BCUT2D eigenvalue weighted by atomic mass is 9.71. The van der Waals surface area contributed by atoms with E-state index in [-0.39, 0.29) is 0 Å². The van der Waals surface area contributed by atoms with Crippen LogP contribution in [-0.4, -0.2) is 90.7 Å². The van der Waals surface area contributed by atoms with E-state index in [1.54, 1.807) is 6.26 Å². The Morgan fingerprint density at radius 2 is 1.56 bits per heavy atom.